The number of hydrogen-bond acceptors (Lipinski definition) is 8. The molecule has 1 aliphatic heterocycles. The first-order valence-electron chi connectivity index (χ1n) is 14.5. The quantitative estimate of drug-likeness (QED) is 0.207. The average Bonchev–Trinajstić information content (AvgIpc) is 2.99. The van der Waals surface area contributed by atoms with Crippen LogP contribution in [0.1, 0.15) is 45.1 Å². The van der Waals surface area contributed by atoms with Crippen molar-refractivity contribution < 1.29 is 31.9 Å². The molecule has 2 heterocycles. The van der Waals surface area contributed by atoms with Crippen molar-refractivity contribution in [2.75, 3.05) is 32.6 Å². The molecule has 0 spiro atoms. The number of carbonyl (C=O) groups is 1. The van der Waals surface area contributed by atoms with Gasteiger partial charge in [-0.05, 0) is 73.9 Å². The molecule has 4 rings (SSSR count). The summed E-state index contributed by atoms with van der Waals surface area (Å²) < 4.78 is 50.7. The van der Waals surface area contributed by atoms with E-state index < -0.39 is 26.8 Å². The number of hydrogen-bond donors (Lipinski definition) is 2. The van der Waals surface area contributed by atoms with Crippen molar-refractivity contribution in [1.29, 1.82) is 0 Å². The van der Waals surface area contributed by atoms with Gasteiger partial charge in [0.1, 0.15) is 5.82 Å². The zero-order chi connectivity index (χ0) is 31.0. The molecule has 1 aromatic heterocycles. The fourth-order valence-corrected chi connectivity index (χ4v) is 5.73. The maximum atomic E-state index is 15.0. The Balaban J connectivity index is 1.46. The van der Waals surface area contributed by atoms with Crippen molar-refractivity contribution >= 4 is 26.5 Å². The fourth-order valence-electron chi connectivity index (χ4n) is 4.89. The molecule has 2 N–H and O–H groups in total. The highest BCUT2D eigenvalue weighted by atomic mass is 32.2. The predicted octanol–water partition coefficient (Wildman–Crippen LogP) is 3.70. The number of benzene rings is 2. The van der Waals surface area contributed by atoms with E-state index in [-0.39, 0.29) is 24.3 Å². The highest BCUT2D eigenvalue weighted by Crippen LogP contribution is 2.27. The van der Waals surface area contributed by atoms with Gasteiger partial charge in [0.2, 0.25) is 0 Å². The highest BCUT2D eigenvalue weighted by molar-refractivity contribution is 7.92. The molecule has 2 atom stereocenters. The van der Waals surface area contributed by atoms with Gasteiger partial charge in [0.05, 0.1) is 6.61 Å². The summed E-state index contributed by atoms with van der Waals surface area (Å²) >= 11 is 0. The van der Waals surface area contributed by atoms with Gasteiger partial charge in [-0.3, -0.25) is 9.59 Å². The van der Waals surface area contributed by atoms with Crippen molar-refractivity contribution in [3.63, 3.8) is 0 Å². The number of amides is 1. The summed E-state index contributed by atoms with van der Waals surface area (Å²) in [5.41, 5.74) is 3.76. The van der Waals surface area contributed by atoms with Gasteiger partial charge < -0.3 is 19.4 Å². The lowest BCUT2D eigenvalue weighted by Crippen LogP contribution is -2.51. The monoisotopic (exact) mass is 617 g/mol. The number of nitrogens with one attached hydrogen (secondary N) is 2. The molecule has 3 aromatic rings. The molecule has 1 aliphatic rings. The molecule has 0 radical (unpaired) electrons. The van der Waals surface area contributed by atoms with Gasteiger partial charge in [-0.25, -0.2) is 23.1 Å². The van der Waals surface area contributed by atoms with Gasteiger partial charge in [0, 0.05) is 62.7 Å². The van der Waals surface area contributed by atoms with E-state index in [0.717, 1.165) is 24.7 Å². The molecular weight excluding hydrogens is 577 g/mol. The number of hydroxylamine groups is 1. The molecule has 234 valence electrons. The third-order valence-corrected chi connectivity index (χ3v) is 9.85. The van der Waals surface area contributed by atoms with E-state index in [1.54, 1.807) is 36.5 Å². The lowest BCUT2D eigenvalue weighted by Gasteiger charge is -2.28. The van der Waals surface area contributed by atoms with Crippen molar-refractivity contribution in [1.82, 2.24) is 15.4 Å². The minimum absolute atomic E-state index is 0.0257. The molecule has 0 bridgehead atoms. The topological polar surface area (TPSA) is 125 Å². The molecule has 0 aliphatic carbocycles. The van der Waals surface area contributed by atoms with E-state index in [1.807, 2.05) is 13.0 Å². The Morgan fingerprint density at radius 1 is 1.19 bits per heavy atom. The number of fused-ring (bicyclic) bond motifs is 1. The van der Waals surface area contributed by atoms with E-state index >= 15 is 4.39 Å². The zero-order valence-corrected chi connectivity index (χ0v) is 25.7. The normalized spacial score (nSPS) is 17.1. The molecule has 1 unspecified atom stereocenters. The number of aromatic nitrogens is 1. The maximum absolute atomic E-state index is 15.0. The highest BCUT2D eigenvalue weighted by Gasteiger charge is 2.44. The van der Waals surface area contributed by atoms with Crippen LogP contribution in [0.4, 0.5) is 4.39 Å². The fraction of sp³-hybridized carbons (Fsp3) is 0.484. The summed E-state index contributed by atoms with van der Waals surface area (Å²) in [6.07, 6.45) is 4.12. The lowest BCUT2D eigenvalue weighted by atomic mass is 10.00. The molecule has 1 saturated heterocycles. The summed E-state index contributed by atoms with van der Waals surface area (Å²) in [7, 11) is -3.89. The number of carbonyl (C=O) groups excluding carboxylic acids is 1. The average molecular weight is 618 g/mol. The maximum Gasteiger partial charge on any atom is 0.264 e. The van der Waals surface area contributed by atoms with Crippen LogP contribution >= 0.6 is 0 Å². The van der Waals surface area contributed by atoms with Crippen molar-refractivity contribution in [2.45, 2.75) is 63.7 Å². The second kappa shape index (κ2) is 14.5. The third kappa shape index (κ3) is 8.07. The van der Waals surface area contributed by atoms with Crippen molar-refractivity contribution in [2.24, 2.45) is 0 Å². The Morgan fingerprint density at radius 3 is 2.70 bits per heavy atom. The minimum Gasteiger partial charge on any atom is -0.380 e. The molecule has 10 nitrogen and oxygen atoms in total. The molecule has 0 saturated carbocycles. The SMILES string of the molecule is CCOCCNCc1ccc(-c2ccc3c(=O)n(CC[C@](C)(C(=O)NOC4CCCCO4)S(C)(=O)=O)ccc3c2)c(F)c1. The molecule has 12 heteroatoms. The van der Waals surface area contributed by atoms with Gasteiger partial charge >= 0.3 is 0 Å². The van der Waals surface area contributed by atoms with Crippen LogP contribution in [-0.4, -0.2) is 62.6 Å². The largest absolute Gasteiger partial charge is 0.380 e. The summed E-state index contributed by atoms with van der Waals surface area (Å²) in [5, 5.41) is 4.23. The number of aryl methyl sites for hydroxylation is 1. The summed E-state index contributed by atoms with van der Waals surface area (Å²) in [6.45, 7) is 6.16. The first-order valence-corrected chi connectivity index (χ1v) is 16.4. The van der Waals surface area contributed by atoms with Gasteiger partial charge in [0.15, 0.2) is 20.9 Å². The van der Waals surface area contributed by atoms with Gasteiger partial charge in [-0.1, -0.05) is 18.2 Å². The number of ether oxygens (including phenoxy) is 2. The second-order valence-electron chi connectivity index (χ2n) is 10.9. The van der Waals surface area contributed by atoms with Gasteiger partial charge in [-0.15, -0.1) is 0 Å². The van der Waals surface area contributed by atoms with Crippen molar-refractivity contribution in [3.05, 3.63) is 70.4 Å². The Hall–Kier alpha value is -3.16. The second-order valence-corrected chi connectivity index (χ2v) is 13.3. The van der Waals surface area contributed by atoms with Gasteiger partial charge in [-0.2, -0.15) is 0 Å². The Kier molecular flexibility index (Phi) is 11.1. The number of rotatable bonds is 14. The van der Waals surface area contributed by atoms with E-state index in [2.05, 4.69) is 10.8 Å². The van der Waals surface area contributed by atoms with E-state index in [0.29, 0.717) is 61.2 Å². The number of sulfone groups is 1. The summed E-state index contributed by atoms with van der Waals surface area (Å²) in [4.78, 5) is 31.6. The molecule has 1 amide bonds. The number of nitrogens with zero attached hydrogens (tertiary/aromatic N) is 1. The van der Waals surface area contributed by atoms with Crippen LogP contribution in [-0.2, 0) is 42.0 Å². The standard InChI is InChI=1S/C31H40FN3O7S/c1-4-40-18-14-33-21-22-8-10-25(27(32)19-22)23-9-11-26-24(20-23)12-15-35(29(26)36)16-13-31(2,43(3,38)39)30(37)34-42-28-7-5-6-17-41-28/h8-12,15,19-20,28,33H,4-7,13-14,16-18,21H2,1-3H3,(H,34,37)/t28?,31-/m1/s1. The predicted molar refractivity (Wildman–Crippen MR) is 162 cm³/mol. The lowest BCUT2D eigenvalue weighted by molar-refractivity contribution is -0.201. The smallest absolute Gasteiger partial charge is 0.264 e. The zero-order valence-electron chi connectivity index (χ0n) is 24.9. The van der Waals surface area contributed by atoms with E-state index in [1.165, 1.54) is 17.6 Å². The van der Waals surface area contributed by atoms with Crippen LogP contribution in [0.5, 0.6) is 0 Å². The summed E-state index contributed by atoms with van der Waals surface area (Å²) in [6, 6.07) is 11.9. The minimum atomic E-state index is -3.89. The van der Waals surface area contributed by atoms with Crippen LogP contribution in [0.25, 0.3) is 21.9 Å². The van der Waals surface area contributed by atoms with Crippen molar-refractivity contribution in [3.8, 4) is 11.1 Å². The van der Waals surface area contributed by atoms with Crippen LogP contribution in [0.15, 0.2) is 53.5 Å². The molecule has 1 fully saturated rings. The van der Waals surface area contributed by atoms with Crippen LogP contribution in [0.2, 0.25) is 0 Å². The van der Waals surface area contributed by atoms with Gasteiger partial charge in [0.25, 0.3) is 11.5 Å². The third-order valence-electron chi connectivity index (χ3n) is 7.83. The molecular formula is C31H40FN3O7S. The van der Waals surface area contributed by atoms with E-state index in [9.17, 15) is 18.0 Å². The first kappa shape index (κ1) is 32.7. The van der Waals surface area contributed by atoms with E-state index in [4.69, 9.17) is 14.3 Å². The number of halogens is 1. The van der Waals surface area contributed by atoms with Crippen LogP contribution in [0.3, 0.4) is 0 Å². The van der Waals surface area contributed by atoms with Crippen LogP contribution < -0.4 is 16.4 Å². The molecule has 43 heavy (non-hydrogen) atoms. The van der Waals surface area contributed by atoms with Crippen LogP contribution in [0, 0.1) is 5.82 Å². The Labute approximate surface area is 251 Å². The Morgan fingerprint density at radius 2 is 2.00 bits per heavy atom. The number of pyridine rings is 1. The molecule has 2 aromatic carbocycles. The Bertz CT molecular complexity index is 1590. The first-order chi connectivity index (χ1) is 20.5. The summed E-state index contributed by atoms with van der Waals surface area (Å²) in [5.74, 6) is -1.19.